The van der Waals surface area contributed by atoms with E-state index in [9.17, 15) is 9.18 Å². The van der Waals surface area contributed by atoms with E-state index in [1.54, 1.807) is 11.0 Å². The van der Waals surface area contributed by atoms with Crippen LogP contribution in [0.2, 0.25) is 0 Å². The highest BCUT2D eigenvalue weighted by Crippen LogP contribution is 2.30. The Bertz CT molecular complexity index is 816. The molecule has 0 unspecified atom stereocenters. The second-order valence-electron chi connectivity index (χ2n) is 5.32. The van der Waals surface area contributed by atoms with Crippen LogP contribution in [0.1, 0.15) is 25.3 Å². The van der Waals surface area contributed by atoms with Gasteiger partial charge in [-0.05, 0) is 30.2 Å². The Balaban J connectivity index is 1.97. The molecular weight excluding hydrogens is 311 g/mol. The third-order valence-corrected chi connectivity index (χ3v) is 4.56. The molecule has 0 atom stereocenters. The number of amides is 1. The van der Waals surface area contributed by atoms with E-state index in [0.717, 1.165) is 16.7 Å². The normalized spacial score (nSPS) is 10.9. The molecule has 0 bridgehead atoms. The van der Waals surface area contributed by atoms with Crippen molar-refractivity contribution in [2.45, 2.75) is 26.3 Å². The Morgan fingerprint density at radius 2 is 2.00 bits per heavy atom. The van der Waals surface area contributed by atoms with Crippen LogP contribution in [0.15, 0.2) is 48.5 Å². The average Bonchev–Trinajstić information content (AvgIpc) is 2.96. The number of halogens is 1. The highest BCUT2D eigenvalue weighted by Gasteiger charge is 2.19. The summed E-state index contributed by atoms with van der Waals surface area (Å²) in [6.07, 6.45) is 1.25. The van der Waals surface area contributed by atoms with Gasteiger partial charge < -0.3 is 0 Å². The fraction of sp³-hybridized carbons (Fsp3) is 0.222. The SMILES string of the molecule is CCCC(=O)N(Cc1ccccc1)c1nc2ccc(F)cc2s1. The van der Waals surface area contributed by atoms with Gasteiger partial charge in [0.15, 0.2) is 5.13 Å². The molecule has 0 radical (unpaired) electrons. The van der Waals surface area contributed by atoms with Crippen molar-refractivity contribution in [3.63, 3.8) is 0 Å². The summed E-state index contributed by atoms with van der Waals surface area (Å²) >= 11 is 1.35. The summed E-state index contributed by atoms with van der Waals surface area (Å²) in [6, 6.07) is 14.3. The predicted molar refractivity (Wildman–Crippen MR) is 92.1 cm³/mol. The number of hydrogen-bond acceptors (Lipinski definition) is 3. The summed E-state index contributed by atoms with van der Waals surface area (Å²) in [5.74, 6) is -0.252. The first kappa shape index (κ1) is 15.6. The van der Waals surface area contributed by atoms with Crippen LogP contribution in [-0.4, -0.2) is 10.9 Å². The Morgan fingerprint density at radius 3 is 2.74 bits per heavy atom. The Kier molecular flexibility index (Phi) is 4.67. The topological polar surface area (TPSA) is 33.2 Å². The van der Waals surface area contributed by atoms with Crippen molar-refractivity contribution in [1.29, 1.82) is 0 Å². The van der Waals surface area contributed by atoms with E-state index < -0.39 is 0 Å². The lowest BCUT2D eigenvalue weighted by Gasteiger charge is -2.19. The van der Waals surface area contributed by atoms with Crippen LogP contribution in [0.5, 0.6) is 0 Å². The summed E-state index contributed by atoms with van der Waals surface area (Å²) < 4.78 is 14.1. The van der Waals surface area contributed by atoms with E-state index in [0.29, 0.717) is 23.6 Å². The standard InChI is InChI=1S/C18H17FN2OS/c1-2-6-17(22)21(12-13-7-4-3-5-8-13)18-20-15-10-9-14(19)11-16(15)23-18/h3-5,7-11H,2,6,12H2,1H3. The molecule has 0 aliphatic rings. The number of anilines is 1. The zero-order valence-corrected chi connectivity index (χ0v) is 13.6. The maximum absolute atomic E-state index is 13.4. The molecule has 23 heavy (non-hydrogen) atoms. The molecule has 5 heteroatoms. The van der Waals surface area contributed by atoms with Crippen LogP contribution in [0.25, 0.3) is 10.2 Å². The molecule has 3 nitrogen and oxygen atoms in total. The molecule has 0 N–H and O–H groups in total. The number of thiazole rings is 1. The number of benzene rings is 2. The zero-order valence-electron chi connectivity index (χ0n) is 12.8. The molecule has 0 saturated carbocycles. The number of carbonyl (C=O) groups is 1. The number of fused-ring (bicyclic) bond motifs is 1. The smallest absolute Gasteiger partial charge is 0.229 e. The minimum Gasteiger partial charge on any atom is -0.284 e. The van der Waals surface area contributed by atoms with Crippen LogP contribution in [0, 0.1) is 5.82 Å². The van der Waals surface area contributed by atoms with Crippen LogP contribution in [-0.2, 0) is 11.3 Å². The summed E-state index contributed by atoms with van der Waals surface area (Å²) in [5, 5.41) is 0.618. The molecule has 1 amide bonds. The minimum absolute atomic E-state index is 0.0379. The third kappa shape index (κ3) is 3.56. The van der Waals surface area contributed by atoms with Gasteiger partial charge in [-0.25, -0.2) is 9.37 Å². The molecule has 1 aromatic heterocycles. The Hall–Kier alpha value is -2.27. The van der Waals surface area contributed by atoms with Crippen molar-refractivity contribution in [2.24, 2.45) is 0 Å². The number of hydrogen-bond donors (Lipinski definition) is 0. The van der Waals surface area contributed by atoms with E-state index in [1.165, 1.54) is 23.5 Å². The molecular formula is C18H17FN2OS. The predicted octanol–water partition coefficient (Wildman–Crippen LogP) is 4.77. The van der Waals surface area contributed by atoms with Gasteiger partial charge >= 0.3 is 0 Å². The fourth-order valence-corrected chi connectivity index (χ4v) is 3.39. The summed E-state index contributed by atoms with van der Waals surface area (Å²) in [5.41, 5.74) is 1.76. The number of nitrogens with zero attached hydrogens (tertiary/aromatic N) is 2. The van der Waals surface area contributed by atoms with E-state index in [-0.39, 0.29) is 11.7 Å². The maximum atomic E-state index is 13.4. The van der Waals surface area contributed by atoms with Gasteiger partial charge in [-0.2, -0.15) is 0 Å². The van der Waals surface area contributed by atoms with E-state index in [4.69, 9.17) is 0 Å². The van der Waals surface area contributed by atoms with E-state index in [2.05, 4.69) is 4.98 Å². The molecule has 118 valence electrons. The second kappa shape index (κ2) is 6.87. The fourth-order valence-electron chi connectivity index (χ4n) is 2.38. The van der Waals surface area contributed by atoms with Gasteiger partial charge in [-0.3, -0.25) is 9.69 Å². The Morgan fingerprint density at radius 1 is 1.22 bits per heavy atom. The molecule has 0 aliphatic carbocycles. The van der Waals surface area contributed by atoms with Gasteiger partial charge in [0.1, 0.15) is 5.82 Å². The number of carbonyl (C=O) groups excluding carboxylic acids is 1. The molecule has 0 aliphatic heterocycles. The van der Waals surface area contributed by atoms with Gasteiger partial charge in [0.2, 0.25) is 5.91 Å². The van der Waals surface area contributed by atoms with Crippen molar-refractivity contribution in [1.82, 2.24) is 4.98 Å². The maximum Gasteiger partial charge on any atom is 0.229 e. The van der Waals surface area contributed by atoms with Gasteiger partial charge in [0.25, 0.3) is 0 Å². The van der Waals surface area contributed by atoms with Crippen molar-refractivity contribution >= 4 is 32.6 Å². The highest BCUT2D eigenvalue weighted by molar-refractivity contribution is 7.22. The lowest BCUT2D eigenvalue weighted by molar-refractivity contribution is -0.118. The van der Waals surface area contributed by atoms with Crippen LogP contribution >= 0.6 is 11.3 Å². The van der Waals surface area contributed by atoms with Crippen molar-refractivity contribution < 1.29 is 9.18 Å². The first-order valence-corrected chi connectivity index (χ1v) is 8.39. The molecule has 0 spiro atoms. The van der Waals surface area contributed by atoms with Crippen molar-refractivity contribution in [2.75, 3.05) is 4.90 Å². The summed E-state index contributed by atoms with van der Waals surface area (Å²) in [6.45, 7) is 2.45. The summed E-state index contributed by atoms with van der Waals surface area (Å²) in [7, 11) is 0. The molecule has 3 aromatic rings. The summed E-state index contributed by atoms with van der Waals surface area (Å²) in [4.78, 5) is 18.7. The molecule has 3 rings (SSSR count). The largest absolute Gasteiger partial charge is 0.284 e. The zero-order chi connectivity index (χ0) is 16.2. The van der Waals surface area contributed by atoms with Gasteiger partial charge in [0.05, 0.1) is 16.8 Å². The molecule has 0 fully saturated rings. The highest BCUT2D eigenvalue weighted by atomic mass is 32.1. The second-order valence-corrected chi connectivity index (χ2v) is 6.33. The van der Waals surface area contributed by atoms with Gasteiger partial charge in [-0.15, -0.1) is 0 Å². The number of rotatable bonds is 5. The lowest BCUT2D eigenvalue weighted by Crippen LogP contribution is -2.29. The quantitative estimate of drug-likeness (QED) is 0.676. The van der Waals surface area contributed by atoms with Crippen LogP contribution in [0.4, 0.5) is 9.52 Å². The average molecular weight is 328 g/mol. The monoisotopic (exact) mass is 328 g/mol. The lowest BCUT2D eigenvalue weighted by atomic mass is 10.2. The minimum atomic E-state index is -0.290. The molecule has 0 saturated heterocycles. The van der Waals surface area contributed by atoms with Gasteiger partial charge in [-0.1, -0.05) is 48.6 Å². The third-order valence-electron chi connectivity index (χ3n) is 3.52. The molecule has 2 aromatic carbocycles. The van der Waals surface area contributed by atoms with Crippen molar-refractivity contribution in [3.05, 3.63) is 59.9 Å². The van der Waals surface area contributed by atoms with Crippen LogP contribution < -0.4 is 4.90 Å². The Labute approximate surface area is 138 Å². The van der Waals surface area contributed by atoms with Crippen LogP contribution in [0.3, 0.4) is 0 Å². The number of aromatic nitrogens is 1. The first-order valence-electron chi connectivity index (χ1n) is 7.57. The molecule has 1 heterocycles. The van der Waals surface area contributed by atoms with E-state index >= 15 is 0 Å². The van der Waals surface area contributed by atoms with Gasteiger partial charge in [0, 0.05) is 6.42 Å². The van der Waals surface area contributed by atoms with Crippen molar-refractivity contribution in [3.8, 4) is 0 Å². The first-order chi connectivity index (χ1) is 11.2. The van der Waals surface area contributed by atoms with E-state index in [1.807, 2.05) is 37.3 Å².